The normalized spacial score (nSPS) is 29.5. The van der Waals surface area contributed by atoms with E-state index >= 15 is 0 Å². The number of nitrogens with one attached hydrogen (secondary N) is 1. The predicted octanol–water partition coefficient (Wildman–Crippen LogP) is -0.919. The molecule has 0 amide bonds. The van der Waals surface area contributed by atoms with E-state index < -0.39 is 58.3 Å². The maximum atomic E-state index is 14.4. The van der Waals surface area contributed by atoms with E-state index in [-0.39, 0.29) is 0 Å². The number of ether oxygens (including phenoxy) is 1. The summed E-state index contributed by atoms with van der Waals surface area (Å²) in [5, 5.41) is 0. The predicted molar refractivity (Wildman–Crippen MR) is 71.5 cm³/mol. The standard InChI is InChI=1S/C8H11F2N3O10P2/c9-4-1-5(13-3-11-6(14)12-7(13)15)22-8(4,10)2-21-25(19,20)23-24(16,17)18/h3-5H,1-2H2,(H,19,20)(H,12,14,15)(H2,16,17,18)/t4-,5+,8+/m0/s1. The number of halogens is 2. The lowest BCUT2D eigenvalue weighted by molar-refractivity contribution is -0.193. The van der Waals surface area contributed by atoms with Crippen molar-refractivity contribution < 1.29 is 46.2 Å². The van der Waals surface area contributed by atoms with Gasteiger partial charge in [0.2, 0.25) is 0 Å². The van der Waals surface area contributed by atoms with Crippen molar-refractivity contribution >= 4 is 15.6 Å². The van der Waals surface area contributed by atoms with Crippen LogP contribution in [0.1, 0.15) is 12.6 Å². The third-order valence-electron chi connectivity index (χ3n) is 2.90. The van der Waals surface area contributed by atoms with Crippen molar-refractivity contribution in [2.45, 2.75) is 24.7 Å². The summed E-state index contributed by atoms with van der Waals surface area (Å²) in [7, 11) is -10.9. The lowest BCUT2D eigenvalue weighted by Gasteiger charge is -2.23. The lowest BCUT2D eigenvalue weighted by atomic mass is 10.2. The van der Waals surface area contributed by atoms with Crippen molar-refractivity contribution in [3.05, 3.63) is 27.3 Å². The first-order valence-corrected chi connectivity index (χ1v) is 9.26. The molecule has 0 bridgehead atoms. The summed E-state index contributed by atoms with van der Waals surface area (Å²) < 4.78 is 62.6. The van der Waals surface area contributed by atoms with E-state index in [1.807, 2.05) is 0 Å². The minimum atomic E-state index is -5.44. The highest BCUT2D eigenvalue weighted by atomic mass is 31.3. The van der Waals surface area contributed by atoms with E-state index in [4.69, 9.17) is 14.7 Å². The second-order valence-corrected chi connectivity index (χ2v) is 7.59. The van der Waals surface area contributed by atoms with Gasteiger partial charge in [-0.1, -0.05) is 0 Å². The molecule has 142 valence electrons. The van der Waals surface area contributed by atoms with Gasteiger partial charge in [0.05, 0.1) is 0 Å². The summed E-state index contributed by atoms with van der Waals surface area (Å²) in [6.45, 7) is -1.58. The molecule has 4 N–H and O–H groups in total. The molecule has 0 aliphatic carbocycles. The van der Waals surface area contributed by atoms with E-state index in [1.54, 1.807) is 4.98 Å². The third-order valence-corrected chi connectivity index (χ3v) is 5.03. The molecular weight excluding hydrogens is 398 g/mol. The highest BCUT2D eigenvalue weighted by Gasteiger charge is 2.53. The molecule has 4 atom stereocenters. The van der Waals surface area contributed by atoms with Gasteiger partial charge in [-0.3, -0.25) is 14.1 Å². The fourth-order valence-electron chi connectivity index (χ4n) is 1.88. The molecule has 0 aromatic carbocycles. The molecule has 0 spiro atoms. The Bertz CT molecular complexity index is 853. The second-order valence-electron chi connectivity index (χ2n) is 4.76. The van der Waals surface area contributed by atoms with Crippen molar-refractivity contribution in [3.63, 3.8) is 0 Å². The smallest absolute Gasteiger partial charge is 0.317 e. The highest BCUT2D eigenvalue weighted by molar-refractivity contribution is 7.60. The number of rotatable bonds is 6. The van der Waals surface area contributed by atoms with Crippen LogP contribution in [0.4, 0.5) is 8.78 Å². The maximum absolute atomic E-state index is 14.4. The number of aromatic amines is 1. The van der Waals surface area contributed by atoms with Crippen molar-refractivity contribution in [2.75, 3.05) is 6.61 Å². The summed E-state index contributed by atoms with van der Waals surface area (Å²) in [4.78, 5) is 53.2. The van der Waals surface area contributed by atoms with Gasteiger partial charge in [0.1, 0.15) is 19.2 Å². The summed E-state index contributed by atoms with van der Waals surface area (Å²) in [6.07, 6.45) is -4.09. The van der Waals surface area contributed by atoms with Crippen molar-refractivity contribution in [2.24, 2.45) is 0 Å². The molecule has 0 saturated carbocycles. The number of phosphoric ester groups is 1. The van der Waals surface area contributed by atoms with Crippen molar-refractivity contribution in [1.82, 2.24) is 14.5 Å². The van der Waals surface area contributed by atoms with Gasteiger partial charge in [0.15, 0.2) is 6.17 Å². The van der Waals surface area contributed by atoms with Gasteiger partial charge < -0.3 is 19.4 Å². The fraction of sp³-hybridized carbons (Fsp3) is 0.625. The van der Waals surface area contributed by atoms with E-state index in [9.17, 15) is 27.5 Å². The molecule has 1 saturated heterocycles. The van der Waals surface area contributed by atoms with Crippen LogP contribution in [0.3, 0.4) is 0 Å². The first kappa shape index (κ1) is 20.0. The topological polar surface area (TPSA) is 190 Å². The number of H-pyrrole nitrogens is 1. The monoisotopic (exact) mass is 409 g/mol. The first-order valence-electron chi connectivity index (χ1n) is 6.24. The van der Waals surface area contributed by atoms with Crippen LogP contribution in [0.25, 0.3) is 0 Å². The molecule has 1 fully saturated rings. The number of phosphoric acid groups is 2. The zero-order chi connectivity index (χ0) is 19.0. The summed E-state index contributed by atoms with van der Waals surface area (Å²) in [5.74, 6) is -3.34. The average molecular weight is 409 g/mol. The lowest BCUT2D eigenvalue weighted by Crippen LogP contribution is -2.38. The quantitative estimate of drug-likeness (QED) is 0.425. The average Bonchev–Trinajstić information content (AvgIpc) is 2.70. The molecule has 1 aliphatic rings. The molecule has 2 heterocycles. The molecule has 1 aromatic rings. The van der Waals surface area contributed by atoms with Gasteiger partial charge in [0, 0.05) is 6.42 Å². The Labute approximate surface area is 136 Å². The van der Waals surface area contributed by atoms with E-state index in [1.165, 1.54) is 0 Å². The minimum Gasteiger partial charge on any atom is -0.317 e. The molecule has 13 nitrogen and oxygen atoms in total. The van der Waals surface area contributed by atoms with Gasteiger partial charge in [-0.2, -0.15) is 9.29 Å². The zero-order valence-corrected chi connectivity index (χ0v) is 13.7. The molecule has 1 unspecified atom stereocenters. The molecule has 17 heteroatoms. The molecular formula is C8H11F2N3O10P2. The van der Waals surface area contributed by atoms with Crippen LogP contribution in [0.2, 0.25) is 0 Å². The molecule has 25 heavy (non-hydrogen) atoms. The van der Waals surface area contributed by atoms with Gasteiger partial charge in [-0.15, -0.1) is 0 Å². The number of aromatic nitrogens is 3. The van der Waals surface area contributed by atoms with E-state index in [0.29, 0.717) is 10.9 Å². The van der Waals surface area contributed by atoms with Crippen molar-refractivity contribution in [1.29, 1.82) is 0 Å². The van der Waals surface area contributed by atoms with Crippen LogP contribution in [0.5, 0.6) is 0 Å². The molecule has 2 rings (SSSR count). The highest BCUT2D eigenvalue weighted by Crippen LogP contribution is 2.58. The fourth-order valence-corrected chi connectivity index (χ4v) is 3.49. The number of nitrogens with zero attached hydrogens (tertiary/aromatic N) is 2. The van der Waals surface area contributed by atoms with Crippen LogP contribution >= 0.6 is 15.6 Å². The summed E-state index contributed by atoms with van der Waals surface area (Å²) in [6, 6.07) is 0. The number of hydrogen-bond donors (Lipinski definition) is 4. The Morgan fingerprint density at radius 3 is 2.64 bits per heavy atom. The Balaban J connectivity index is 2.11. The minimum absolute atomic E-state index is 0.569. The maximum Gasteiger partial charge on any atom is 0.481 e. The van der Waals surface area contributed by atoms with E-state index in [2.05, 4.69) is 18.6 Å². The Morgan fingerprint density at radius 1 is 1.44 bits per heavy atom. The van der Waals surface area contributed by atoms with Crippen LogP contribution in [-0.2, 0) is 22.7 Å². The second kappa shape index (κ2) is 6.78. The molecule has 0 radical (unpaired) electrons. The van der Waals surface area contributed by atoms with Gasteiger partial charge in [0.25, 0.3) is 5.85 Å². The third kappa shape index (κ3) is 5.09. The van der Waals surface area contributed by atoms with Crippen LogP contribution in [0.15, 0.2) is 15.9 Å². The van der Waals surface area contributed by atoms with Crippen molar-refractivity contribution in [3.8, 4) is 0 Å². The summed E-state index contributed by atoms with van der Waals surface area (Å²) >= 11 is 0. The van der Waals surface area contributed by atoms with Gasteiger partial charge >= 0.3 is 27.0 Å². The number of hydrogen-bond acceptors (Lipinski definition) is 8. The number of alkyl halides is 2. The van der Waals surface area contributed by atoms with Gasteiger partial charge in [-0.05, 0) is 0 Å². The van der Waals surface area contributed by atoms with Crippen LogP contribution in [0, 0.1) is 0 Å². The first-order chi connectivity index (χ1) is 11.3. The van der Waals surface area contributed by atoms with Crippen LogP contribution < -0.4 is 11.4 Å². The Hall–Kier alpha value is -1.31. The Kier molecular flexibility index (Phi) is 5.42. The summed E-state index contributed by atoms with van der Waals surface area (Å²) in [5.41, 5.74) is -2.07. The molecule has 1 aromatic heterocycles. The largest absolute Gasteiger partial charge is 0.481 e. The zero-order valence-electron chi connectivity index (χ0n) is 11.9. The van der Waals surface area contributed by atoms with E-state index in [0.717, 1.165) is 0 Å². The van der Waals surface area contributed by atoms with Gasteiger partial charge in [-0.25, -0.2) is 27.5 Å². The SMILES string of the molecule is O=c1ncn([C@H]2C[C@H](F)[C@@](F)(COP(=O)(O)OP(=O)(O)O)O2)c(=O)[nH]1. The van der Waals surface area contributed by atoms with Crippen LogP contribution in [-0.4, -0.2) is 47.8 Å². The Morgan fingerprint density at radius 2 is 2.08 bits per heavy atom. The molecule has 1 aliphatic heterocycles.